The molecule has 0 saturated carbocycles. The monoisotopic (exact) mass is 776 g/mol. The fourth-order valence-electron chi connectivity index (χ4n) is 7.23. The van der Waals surface area contributed by atoms with E-state index in [1.54, 1.807) is 27.1 Å². The minimum absolute atomic E-state index is 0.0129. The highest BCUT2D eigenvalue weighted by Crippen LogP contribution is 2.35. The maximum atomic E-state index is 14.4. The van der Waals surface area contributed by atoms with Gasteiger partial charge in [-0.05, 0) is 49.8 Å². The van der Waals surface area contributed by atoms with Gasteiger partial charge in [-0.1, -0.05) is 72.7 Å². The maximum absolute atomic E-state index is 14.4. The molecule has 306 valence electrons. The number of nitrogens with one attached hydrogen (secondary N) is 3. The second-order valence-corrected chi connectivity index (χ2v) is 16.6. The summed E-state index contributed by atoms with van der Waals surface area (Å²) in [5.74, 6) is -3.99. The van der Waals surface area contributed by atoms with Crippen molar-refractivity contribution in [1.29, 1.82) is 0 Å². The molecule has 4 N–H and O–H groups in total. The van der Waals surface area contributed by atoms with Crippen molar-refractivity contribution >= 4 is 52.2 Å². The molecule has 1 aromatic heterocycles. The van der Waals surface area contributed by atoms with Crippen LogP contribution < -0.4 is 16.0 Å². The Kier molecular flexibility index (Phi) is 15.1. The molecule has 1 aliphatic rings. The van der Waals surface area contributed by atoms with Crippen molar-refractivity contribution in [3.05, 3.63) is 59.8 Å². The van der Waals surface area contributed by atoms with Crippen molar-refractivity contribution in [3.8, 4) is 0 Å². The summed E-state index contributed by atoms with van der Waals surface area (Å²) in [5, 5.41) is 19.3. The molecule has 14 nitrogen and oxygen atoms in total. The molecule has 5 amide bonds. The fraction of sp³-hybridized carbons (Fsp3) is 0.548. The molecule has 14 heteroatoms. The van der Waals surface area contributed by atoms with Gasteiger partial charge in [0.15, 0.2) is 5.78 Å². The average molecular weight is 777 g/mol. The predicted octanol–water partition coefficient (Wildman–Crippen LogP) is 3.63. The van der Waals surface area contributed by atoms with Crippen LogP contribution in [0.3, 0.4) is 0 Å². The molecular weight excluding hydrogens is 716 g/mol. The zero-order chi connectivity index (χ0) is 42.3. The van der Waals surface area contributed by atoms with Crippen LogP contribution in [-0.2, 0) is 46.0 Å². The first-order chi connectivity index (χ1) is 26.0. The lowest BCUT2D eigenvalue weighted by Gasteiger charge is -2.39. The van der Waals surface area contributed by atoms with E-state index in [2.05, 4.69) is 16.0 Å². The normalized spacial score (nSPS) is 15.9. The molecule has 1 aromatic carbocycles. The minimum Gasteiger partial charge on any atom is -0.481 e. The van der Waals surface area contributed by atoms with E-state index in [1.165, 1.54) is 4.90 Å². The number of carbonyl (C=O) groups is 7. The molecule has 56 heavy (non-hydrogen) atoms. The van der Waals surface area contributed by atoms with Crippen LogP contribution in [0.2, 0.25) is 0 Å². The summed E-state index contributed by atoms with van der Waals surface area (Å²) in [7, 11) is 5.31. The summed E-state index contributed by atoms with van der Waals surface area (Å²) in [4.78, 5) is 92.9. The number of benzene rings is 1. The Balaban J connectivity index is 1.80. The van der Waals surface area contributed by atoms with Gasteiger partial charge in [-0.2, -0.15) is 0 Å². The number of fused-ring (bicyclic) bond motifs is 1. The van der Waals surface area contributed by atoms with Crippen molar-refractivity contribution in [2.45, 2.75) is 111 Å². The van der Waals surface area contributed by atoms with Gasteiger partial charge in [-0.25, -0.2) is 0 Å². The minimum atomic E-state index is -1.14. The van der Waals surface area contributed by atoms with Crippen LogP contribution in [0, 0.1) is 11.3 Å². The van der Waals surface area contributed by atoms with Crippen molar-refractivity contribution in [2.24, 2.45) is 18.4 Å². The van der Waals surface area contributed by atoms with Gasteiger partial charge in [0.1, 0.15) is 6.04 Å². The molecule has 0 aliphatic carbocycles. The van der Waals surface area contributed by atoms with E-state index in [9.17, 15) is 38.7 Å². The van der Waals surface area contributed by atoms with Crippen LogP contribution in [0.1, 0.15) is 86.6 Å². The Morgan fingerprint density at radius 1 is 0.929 bits per heavy atom. The lowest BCUT2D eigenvalue weighted by molar-refractivity contribution is -0.141. The topological polar surface area (TPSA) is 187 Å². The molecule has 0 bridgehead atoms. The molecule has 2 aromatic rings. The summed E-state index contributed by atoms with van der Waals surface area (Å²) in [5.41, 5.74) is 0.846. The number of carboxylic acid groups (broad SMARTS) is 1. The number of aliphatic carboxylic acids is 1. The summed E-state index contributed by atoms with van der Waals surface area (Å²) in [6, 6.07) is 4.63. The Hall–Kier alpha value is -5.11. The lowest BCUT2D eigenvalue weighted by Crippen LogP contribution is -2.61. The van der Waals surface area contributed by atoms with E-state index < -0.39 is 64.5 Å². The Morgan fingerprint density at radius 2 is 1.54 bits per heavy atom. The van der Waals surface area contributed by atoms with E-state index in [-0.39, 0.29) is 55.5 Å². The zero-order valence-corrected chi connectivity index (χ0v) is 34.7. The van der Waals surface area contributed by atoms with Gasteiger partial charge in [-0.3, -0.25) is 38.5 Å². The highest BCUT2D eigenvalue weighted by atomic mass is 16.4. The molecule has 0 saturated heterocycles. The number of ketones is 1. The number of imide groups is 1. The third kappa shape index (κ3) is 10.8. The Bertz CT molecular complexity index is 1870. The van der Waals surface area contributed by atoms with E-state index in [1.807, 2.05) is 90.5 Å². The van der Waals surface area contributed by atoms with E-state index in [4.69, 9.17) is 0 Å². The third-order valence-electron chi connectivity index (χ3n) is 10.6. The second kappa shape index (κ2) is 18.7. The van der Waals surface area contributed by atoms with Gasteiger partial charge >= 0.3 is 5.97 Å². The molecule has 4 atom stereocenters. The fourth-order valence-corrected chi connectivity index (χ4v) is 7.23. The number of carboxylic acids is 1. The SMILES string of the molecule is CN[C@H](C(=O)N[C@H](C(=O)N(C)[C@H](/C=C(\C)C(=O)N[C@@H](CCC(=O)O)C(=O)CCCN1C(=O)C=CC1=O)C(C)C)C(C)(C)C)C(C)(C)c1cn(C)c2ccccc12. The number of aryl methyl sites for hydroxylation is 1. The number of hydrogen-bond donors (Lipinski definition) is 4. The highest BCUT2D eigenvalue weighted by molar-refractivity contribution is 6.12. The number of Topliss-reactive ketones (excluding diaryl/α,β-unsaturated/α-hetero) is 1. The van der Waals surface area contributed by atoms with Gasteiger partial charge in [0, 0.05) is 73.7 Å². The summed E-state index contributed by atoms with van der Waals surface area (Å²) >= 11 is 0. The second-order valence-electron chi connectivity index (χ2n) is 16.6. The van der Waals surface area contributed by atoms with Crippen LogP contribution in [0.25, 0.3) is 10.9 Å². The number of amides is 5. The Labute approximate surface area is 330 Å². The van der Waals surface area contributed by atoms with Gasteiger partial charge in [-0.15, -0.1) is 0 Å². The largest absolute Gasteiger partial charge is 0.481 e. The van der Waals surface area contributed by atoms with Crippen LogP contribution in [0.15, 0.2) is 54.3 Å². The molecule has 0 radical (unpaired) electrons. The van der Waals surface area contributed by atoms with Crippen molar-refractivity contribution in [1.82, 2.24) is 30.3 Å². The van der Waals surface area contributed by atoms with Crippen LogP contribution in [0.5, 0.6) is 0 Å². The van der Waals surface area contributed by atoms with Crippen LogP contribution in [0.4, 0.5) is 0 Å². The highest BCUT2D eigenvalue weighted by Gasteiger charge is 2.42. The smallest absolute Gasteiger partial charge is 0.303 e. The van der Waals surface area contributed by atoms with E-state index >= 15 is 0 Å². The summed E-state index contributed by atoms with van der Waals surface area (Å²) in [6.45, 7) is 15.0. The number of hydrogen-bond acceptors (Lipinski definition) is 8. The van der Waals surface area contributed by atoms with Crippen molar-refractivity contribution < 1.29 is 38.7 Å². The van der Waals surface area contributed by atoms with Crippen molar-refractivity contribution in [2.75, 3.05) is 20.6 Å². The van der Waals surface area contributed by atoms with Crippen LogP contribution in [-0.4, -0.2) is 106 Å². The molecule has 3 rings (SSSR count). The molecular formula is C42H60N6O8. The van der Waals surface area contributed by atoms with Crippen LogP contribution >= 0.6 is 0 Å². The number of rotatable bonds is 19. The quantitative estimate of drug-likeness (QED) is 0.122. The standard InChI is InChI=1S/C42H60N6O8/c1-25(2)31(23-26(3)38(54)44-29(18-21-35(52)53)32(49)17-14-22-48-33(50)19-20-34(48)51)47(11)40(56)37(41(4,5)6)45-39(55)36(43-9)42(7,8)28-24-46(10)30-16-13-12-15-27(28)30/h12-13,15-16,19-20,23-25,29,31,36-37,43H,14,17-18,21-22H2,1-11H3,(H,44,54)(H,45,55)(H,52,53)/b26-23+/t29-,31+,36+,37+/m0/s1. The number of likely N-dealkylation sites (N-methyl/N-ethyl adjacent to an activating group) is 2. The molecule has 0 spiro atoms. The first-order valence-electron chi connectivity index (χ1n) is 19.1. The van der Waals surface area contributed by atoms with E-state index in [0.717, 1.165) is 33.5 Å². The average Bonchev–Trinajstić information content (AvgIpc) is 3.63. The summed E-state index contributed by atoms with van der Waals surface area (Å²) in [6.07, 6.45) is 5.50. The number of aromatic nitrogens is 1. The molecule has 0 unspecified atom stereocenters. The van der Waals surface area contributed by atoms with Gasteiger partial charge in [0.2, 0.25) is 17.7 Å². The molecule has 2 heterocycles. The lowest BCUT2D eigenvalue weighted by atomic mass is 9.76. The van der Waals surface area contributed by atoms with Gasteiger partial charge in [0.05, 0.1) is 18.1 Å². The number of carbonyl (C=O) groups excluding carboxylic acids is 6. The molecule has 1 aliphatic heterocycles. The first-order valence-corrected chi connectivity index (χ1v) is 19.1. The predicted molar refractivity (Wildman–Crippen MR) is 214 cm³/mol. The Morgan fingerprint density at radius 3 is 2.09 bits per heavy atom. The van der Waals surface area contributed by atoms with Gasteiger partial charge < -0.3 is 30.5 Å². The number of para-hydroxylation sites is 1. The zero-order valence-electron chi connectivity index (χ0n) is 34.7. The van der Waals surface area contributed by atoms with E-state index in [0.29, 0.717) is 0 Å². The third-order valence-corrected chi connectivity index (χ3v) is 10.6. The summed E-state index contributed by atoms with van der Waals surface area (Å²) < 4.78 is 2.03. The molecule has 0 fully saturated rings. The first kappa shape index (κ1) is 45.3. The van der Waals surface area contributed by atoms with Gasteiger partial charge in [0.25, 0.3) is 11.8 Å². The number of nitrogens with zero attached hydrogens (tertiary/aromatic N) is 3. The van der Waals surface area contributed by atoms with Crippen molar-refractivity contribution in [3.63, 3.8) is 0 Å². The maximum Gasteiger partial charge on any atom is 0.303 e.